The summed E-state index contributed by atoms with van der Waals surface area (Å²) in [6.07, 6.45) is 0. The highest BCUT2D eigenvalue weighted by molar-refractivity contribution is 6.57. The lowest BCUT2D eigenvalue weighted by atomic mass is 9.69. The largest absolute Gasteiger partial charge is 0.155 e. The highest BCUT2D eigenvalue weighted by atomic mass is 14.1. The van der Waals surface area contributed by atoms with Crippen LogP contribution in [0.5, 0.6) is 0 Å². The third-order valence-electron chi connectivity index (χ3n) is 4.56. The summed E-state index contributed by atoms with van der Waals surface area (Å²) in [5.74, 6) is 0. The molecule has 0 heterocycles. The van der Waals surface area contributed by atoms with Crippen LogP contribution >= 0.6 is 0 Å². The maximum absolute atomic E-state index is 2.39. The van der Waals surface area contributed by atoms with Gasteiger partial charge in [0.15, 0.2) is 7.28 Å². The Labute approximate surface area is 126 Å². The van der Waals surface area contributed by atoms with E-state index >= 15 is 0 Å². The molecule has 0 bridgehead atoms. The van der Waals surface area contributed by atoms with Gasteiger partial charge >= 0.3 is 0 Å². The van der Waals surface area contributed by atoms with Gasteiger partial charge in [-0.2, -0.15) is 0 Å². The van der Waals surface area contributed by atoms with Gasteiger partial charge in [-0.15, -0.1) is 0 Å². The van der Waals surface area contributed by atoms with Gasteiger partial charge in [-0.25, -0.2) is 0 Å². The van der Waals surface area contributed by atoms with Gasteiger partial charge < -0.3 is 0 Å². The molecule has 21 heavy (non-hydrogen) atoms. The Balaban J connectivity index is 2.33. The van der Waals surface area contributed by atoms with Gasteiger partial charge in [-0.3, -0.25) is 0 Å². The minimum absolute atomic E-state index is 1.07. The van der Waals surface area contributed by atoms with Crippen LogP contribution in [0.25, 0.3) is 32.3 Å². The van der Waals surface area contributed by atoms with Gasteiger partial charge in [0.2, 0.25) is 0 Å². The Hall–Kier alpha value is -2.21. The molecule has 4 rings (SSSR count). The van der Waals surface area contributed by atoms with Gasteiger partial charge in [0.05, 0.1) is 0 Å². The number of hydrogen-bond donors (Lipinski definition) is 0. The molecule has 0 N–H and O–H groups in total. The molecule has 4 aromatic carbocycles. The lowest BCUT2D eigenvalue weighted by Crippen LogP contribution is -2.13. The van der Waals surface area contributed by atoms with Gasteiger partial charge in [0.1, 0.15) is 7.85 Å². The van der Waals surface area contributed by atoms with Crippen molar-refractivity contribution in [1.29, 1.82) is 0 Å². The van der Waals surface area contributed by atoms with Crippen LogP contribution in [0.15, 0.2) is 60.7 Å². The van der Waals surface area contributed by atoms with E-state index in [1.54, 1.807) is 0 Å². The molecule has 0 radical (unpaired) electrons. The average molecular weight is 266 g/mol. The van der Waals surface area contributed by atoms with Crippen molar-refractivity contribution in [3.63, 3.8) is 0 Å². The molecule has 0 saturated carbocycles. The zero-order valence-corrected chi connectivity index (χ0v) is 12.5. The molecule has 0 aromatic heterocycles. The predicted molar refractivity (Wildman–Crippen MR) is 99.8 cm³/mol. The quantitative estimate of drug-likeness (QED) is 0.367. The van der Waals surface area contributed by atoms with E-state index in [9.17, 15) is 0 Å². The van der Waals surface area contributed by atoms with Gasteiger partial charge in [0, 0.05) is 0 Å². The summed E-state index contributed by atoms with van der Waals surface area (Å²) in [7, 11) is 3.28. The maximum Gasteiger partial charge on any atom is 0.155 e. The summed E-state index contributed by atoms with van der Waals surface area (Å²) in [6, 6.07) is 22.3. The zero-order chi connectivity index (χ0) is 14.4. The SMILES string of the molecule is Bc1cc2c3ccccc3c(BC)cc2c2ccccc12. The molecule has 0 fully saturated rings. The Bertz CT molecular complexity index is 987. The summed E-state index contributed by atoms with van der Waals surface area (Å²) in [5, 5.41) is 8.25. The summed E-state index contributed by atoms with van der Waals surface area (Å²) in [5.41, 5.74) is 2.79. The van der Waals surface area contributed by atoms with Gasteiger partial charge in [0.25, 0.3) is 0 Å². The molecule has 98 valence electrons. The zero-order valence-electron chi connectivity index (χ0n) is 12.5. The lowest BCUT2D eigenvalue weighted by molar-refractivity contribution is 1.80. The van der Waals surface area contributed by atoms with Crippen molar-refractivity contribution in [2.24, 2.45) is 0 Å². The molecule has 0 atom stereocenters. The summed E-state index contributed by atoms with van der Waals surface area (Å²) in [6.45, 7) is 2.24. The van der Waals surface area contributed by atoms with E-state index < -0.39 is 0 Å². The predicted octanol–water partition coefficient (Wildman–Crippen LogP) is 2.51. The van der Waals surface area contributed by atoms with Crippen LogP contribution in [-0.4, -0.2) is 15.1 Å². The van der Waals surface area contributed by atoms with E-state index in [0.29, 0.717) is 0 Å². The standard InChI is InChI=1S/C19H16B2/c1-21-19-11-17-12-6-2-4-8-14(12)18(20)10-16(17)13-7-3-5-9-15(13)19/h2-11,21H,20H2,1H3. The Morgan fingerprint density at radius 2 is 1.19 bits per heavy atom. The highest BCUT2D eigenvalue weighted by Gasteiger charge is 2.09. The molecule has 0 aliphatic heterocycles. The van der Waals surface area contributed by atoms with Crippen molar-refractivity contribution < 1.29 is 0 Å². The average Bonchev–Trinajstić information content (AvgIpc) is 2.55. The molecule has 0 saturated heterocycles. The second kappa shape index (κ2) is 4.66. The molecule has 0 nitrogen and oxygen atoms in total. The fourth-order valence-electron chi connectivity index (χ4n) is 3.50. The van der Waals surface area contributed by atoms with Crippen LogP contribution < -0.4 is 10.9 Å². The lowest BCUT2D eigenvalue weighted by Gasteiger charge is -2.13. The molecule has 0 aliphatic rings. The number of rotatable bonds is 1. The molecule has 0 aliphatic carbocycles. The summed E-state index contributed by atoms with van der Waals surface area (Å²) < 4.78 is 0. The van der Waals surface area contributed by atoms with Crippen molar-refractivity contribution in [2.75, 3.05) is 0 Å². The van der Waals surface area contributed by atoms with Crippen LogP contribution in [0, 0.1) is 0 Å². The Kier molecular flexibility index (Phi) is 2.78. The van der Waals surface area contributed by atoms with Crippen molar-refractivity contribution >= 4 is 58.4 Å². The topological polar surface area (TPSA) is 0 Å². The third-order valence-corrected chi connectivity index (χ3v) is 4.56. The van der Waals surface area contributed by atoms with Gasteiger partial charge in [-0.1, -0.05) is 78.4 Å². The second-order valence-electron chi connectivity index (χ2n) is 5.77. The van der Waals surface area contributed by atoms with E-state index in [-0.39, 0.29) is 0 Å². The van der Waals surface area contributed by atoms with Crippen LogP contribution in [0.3, 0.4) is 0 Å². The van der Waals surface area contributed by atoms with Gasteiger partial charge in [-0.05, 0) is 32.3 Å². The minimum Gasteiger partial charge on any atom is -0.0849 e. The van der Waals surface area contributed by atoms with Crippen molar-refractivity contribution in [3.8, 4) is 0 Å². The molecule has 0 unspecified atom stereocenters. The number of hydrogen-bond acceptors (Lipinski definition) is 0. The monoisotopic (exact) mass is 266 g/mol. The summed E-state index contributed by atoms with van der Waals surface area (Å²) >= 11 is 0. The highest BCUT2D eigenvalue weighted by Crippen LogP contribution is 2.29. The first-order valence-electron chi connectivity index (χ1n) is 7.62. The fraction of sp³-hybridized carbons (Fsp3) is 0.0526. The molecular formula is C19H16B2. The first-order chi connectivity index (χ1) is 10.3. The smallest absolute Gasteiger partial charge is 0.0849 e. The Morgan fingerprint density at radius 1 is 0.667 bits per heavy atom. The van der Waals surface area contributed by atoms with Crippen LogP contribution in [0.1, 0.15) is 0 Å². The minimum atomic E-state index is 1.07. The van der Waals surface area contributed by atoms with E-state index in [2.05, 4.69) is 75.3 Å². The van der Waals surface area contributed by atoms with Crippen molar-refractivity contribution in [2.45, 2.75) is 6.82 Å². The molecule has 4 aromatic rings. The van der Waals surface area contributed by atoms with Crippen LogP contribution in [0.2, 0.25) is 6.82 Å². The Morgan fingerprint density at radius 3 is 1.86 bits per heavy atom. The molecule has 0 spiro atoms. The number of fused-ring (bicyclic) bond motifs is 5. The first kappa shape index (κ1) is 12.5. The maximum atomic E-state index is 2.39. The normalized spacial score (nSPS) is 11.3. The first-order valence-corrected chi connectivity index (χ1v) is 7.62. The van der Waals surface area contributed by atoms with Crippen molar-refractivity contribution in [3.05, 3.63) is 60.7 Å². The fourth-order valence-corrected chi connectivity index (χ4v) is 3.50. The third kappa shape index (κ3) is 1.79. The van der Waals surface area contributed by atoms with Crippen LogP contribution in [-0.2, 0) is 0 Å². The van der Waals surface area contributed by atoms with E-state index in [0.717, 1.165) is 7.28 Å². The number of benzene rings is 4. The van der Waals surface area contributed by atoms with E-state index in [1.807, 2.05) is 0 Å². The molecule has 0 amide bonds. The second-order valence-corrected chi connectivity index (χ2v) is 5.77. The van der Waals surface area contributed by atoms with Crippen LogP contribution in [0.4, 0.5) is 0 Å². The molecular weight excluding hydrogens is 250 g/mol. The molecule has 2 heteroatoms. The van der Waals surface area contributed by atoms with E-state index in [4.69, 9.17) is 0 Å². The summed E-state index contributed by atoms with van der Waals surface area (Å²) in [4.78, 5) is 0. The van der Waals surface area contributed by atoms with Crippen molar-refractivity contribution in [1.82, 2.24) is 0 Å². The van der Waals surface area contributed by atoms with E-state index in [1.165, 1.54) is 43.2 Å².